The number of fused-ring (bicyclic) bond motifs is 2. The first-order valence-electron chi connectivity index (χ1n) is 19.8. The number of imidazole rings is 2. The highest BCUT2D eigenvalue weighted by atomic mass is 16.5. The van der Waals surface area contributed by atoms with Crippen LogP contribution in [0.15, 0.2) is 54.9 Å². The Hall–Kier alpha value is -5.03. The van der Waals surface area contributed by atoms with Crippen LogP contribution in [-0.4, -0.2) is 68.1 Å². The zero-order valence-electron chi connectivity index (χ0n) is 31.5. The fraction of sp³-hybridized carbons (Fsp3) is 0.465. The van der Waals surface area contributed by atoms with Crippen molar-refractivity contribution in [1.29, 1.82) is 0 Å². The van der Waals surface area contributed by atoms with Crippen LogP contribution in [0.1, 0.15) is 100 Å². The van der Waals surface area contributed by atoms with Crippen molar-refractivity contribution in [2.75, 3.05) is 20.2 Å². The molecule has 0 bridgehead atoms. The molecule has 11 nitrogen and oxygen atoms in total. The van der Waals surface area contributed by atoms with Crippen molar-refractivity contribution in [2.24, 2.45) is 11.3 Å². The van der Waals surface area contributed by atoms with E-state index in [4.69, 9.17) is 19.7 Å². The number of likely N-dealkylation sites (tertiary alicyclic amines) is 1. The average Bonchev–Trinajstić information content (AvgIpc) is 4.04. The molecule has 4 aliphatic rings. The van der Waals surface area contributed by atoms with Gasteiger partial charge in [-0.15, -0.1) is 0 Å². The summed E-state index contributed by atoms with van der Waals surface area (Å²) in [5.41, 5.74) is 12.0. The predicted octanol–water partition coefficient (Wildman–Crippen LogP) is 7.81. The van der Waals surface area contributed by atoms with Gasteiger partial charge in [0, 0.05) is 23.9 Å². The Morgan fingerprint density at radius 3 is 2.43 bits per heavy atom. The van der Waals surface area contributed by atoms with Crippen molar-refractivity contribution >= 4 is 23.0 Å². The number of carbonyl (C=O) groups is 2. The molecular formula is C43H50N8O3. The lowest BCUT2D eigenvalue weighted by Crippen LogP contribution is -2.51. The number of aromatic amines is 2. The molecule has 280 valence electrons. The molecule has 54 heavy (non-hydrogen) atoms. The van der Waals surface area contributed by atoms with Gasteiger partial charge in [0.25, 0.3) is 0 Å². The summed E-state index contributed by atoms with van der Waals surface area (Å²) < 4.78 is 4.79. The first kappa shape index (κ1) is 34.7. The Morgan fingerprint density at radius 1 is 0.889 bits per heavy atom. The van der Waals surface area contributed by atoms with Gasteiger partial charge in [-0.1, -0.05) is 44.9 Å². The first-order valence-corrected chi connectivity index (χ1v) is 19.8. The topological polar surface area (TPSA) is 141 Å². The van der Waals surface area contributed by atoms with Gasteiger partial charge in [0.05, 0.1) is 47.8 Å². The number of hydrogen-bond acceptors (Lipinski definition) is 7. The summed E-state index contributed by atoms with van der Waals surface area (Å²) in [4.78, 5) is 49.3. The zero-order chi connectivity index (χ0) is 37.0. The van der Waals surface area contributed by atoms with Crippen LogP contribution in [-0.2, 0) is 22.4 Å². The number of amides is 2. The molecule has 2 aliphatic carbocycles. The van der Waals surface area contributed by atoms with Crippen molar-refractivity contribution in [3.05, 3.63) is 77.6 Å². The van der Waals surface area contributed by atoms with Gasteiger partial charge in [-0.3, -0.25) is 9.78 Å². The molecule has 3 unspecified atom stereocenters. The summed E-state index contributed by atoms with van der Waals surface area (Å²) in [6, 6.07) is 15.0. The van der Waals surface area contributed by atoms with Gasteiger partial charge in [0.2, 0.25) is 5.91 Å². The van der Waals surface area contributed by atoms with Gasteiger partial charge in [-0.05, 0) is 116 Å². The number of H-pyrrole nitrogens is 2. The number of hydrogen-bond donors (Lipinski definition) is 4. The standard InChI is InChI=1S/C43H50N8O3/c1-25(2)38(50-42(53)54-3)41(52)51-19-7-9-37(51)40-46-24-36(49-40)27-11-14-32(45-23-27)29-13-12-28(30-21-43(22-31(29)30)16-4-5-17-43)26-10-15-33-35(20-26)48-39(47-33)34-8-6-18-44-34/h10-15,20,23-25,34,37-38,44H,4-9,16-19,21-22H2,1-3H3,(H,46,49)(H,47,48)(H,50,53). The molecule has 1 saturated carbocycles. The van der Waals surface area contributed by atoms with Gasteiger partial charge in [-0.25, -0.2) is 14.8 Å². The Labute approximate surface area is 316 Å². The Bertz CT molecular complexity index is 2190. The van der Waals surface area contributed by atoms with E-state index in [1.165, 1.54) is 67.0 Å². The summed E-state index contributed by atoms with van der Waals surface area (Å²) in [7, 11) is 1.31. The second-order valence-corrected chi connectivity index (χ2v) is 16.3. The Morgan fingerprint density at radius 2 is 1.69 bits per heavy atom. The third-order valence-corrected chi connectivity index (χ3v) is 12.6. The van der Waals surface area contributed by atoms with E-state index in [1.54, 1.807) is 0 Å². The summed E-state index contributed by atoms with van der Waals surface area (Å²) in [6.45, 7) is 5.51. The van der Waals surface area contributed by atoms with Gasteiger partial charge in [0.1, 0.15) is 17.7 Å². The largest absolute Gasteiger partial charge is 0.453 e. The summed E-state index contributed by atoms with van der Waals surface area (Å²) in [5, 5.41) is 6.30. The van der Waals surface area contributed by atoms with E-state index < -0.39 is 12.1 Å². The minimum atomic E-state index is -0.671. The molecule has 5 aromatic rings. The average molecular weight is 727 g/mol. The molecule has 1 spiro atoms. The fourth-order valence-corrected chi connectivity index (χ4v) is 9.74. The molecule has 5 heterocycles. The molecule has 3 aromatic heterocycles. The highest BCUT2D eigenvalue weighted by Gasteiger charge is 2.42. The molecule has 4 N–H and O–H groups in total. The number of rotatable bonds is 8. The van der Waals surface area contributed by atoms with Crippen molar-refractivity contribution in [1.82, 2.24) is 40.5 Å². The van der Waals surface area contributed by atoms with Crippen LogP contribution in [0, 0.1) is 11.3 Å². The van der Waals surface area contributed by atoms with E-state index in [-0.39, 0.29) is 17.9 Å². The number of alkyl carbamates (subject to hydrolysis) is 1. The SMILES string of the molecule is COC(=O)NC(C(=O)N1CCCC1c1ncc(-c2ccc(-c3ccc(-c4ccc5nc(C6CCCN6)[nH]c5c4)c4c3CC3(CCCC3)C4)nc2)[nH]1)C(C)C. The highest BCUT2D eigenvalue weighted by molar-refractivity contribution is 5.87. The van der Waals surface area contributed by atoms with Crippen molar-refractivity contribution < 1.29 is 14.3 Å². The molecule has 2 aliphatic heterocycles. The number of aromatic nitrogens is 5. The smallest absolute Gasteiger partial charge is 0.407 e. The van der Waals surface area contributed by atoms with E-state index in [1.807, 2.05) is 31.1 Å². The van der Waals surface area contributed by atoms with Gasteiger partial charge in [-0.2, -0.15) is 0 Å². The third-order valence-electron chi connectivity index (χ3n) is 12.6. The number of carbonyl (C=O) groups excluding carboxylic acids is 2. The lowest BCUT2D eigenvalue weighted by molar-refractivity contribution is -0.135. The number of nitrogens with one attached hydrogen (secondary N) is 4. The zero-order valence-corrected chi connectivity index (χ0v) is 31.5. The normalized spacial score (nSPS) is 21.0. The maximum absolute atomic E-state index is 13.6. The van der Waals surface area contributed by atoms with E-state index in [0.29, 0.717) is 18.0 Å². The minimum Gasteiger partial charge on any atom is -0.453 e. The lowest BCUT2D eigenvalue weighted by Gasteiger charge is -2.30. The third kappa shape index (κ3) is 6.26. The number of nitrogens with zero attached hydrogens (tertiary/aromatic N) is 4. The summed E-state index contributed by atoms with van der Waals surface area (Å²) in [6.07, 6.45) is 14.6. The lowest BCUT2D eigenvalue weighted by atomic mass is 9.82. The van der Waals surface area contributed by atoms with E-state index in [9.17, 15) is 9.59 Å². The number of pyridine rings is 1. The van der Waals surface area contributed by atoms with E-state index in [0.717, 1.165) is 78.3 Å². The Balaban J connectivity index is 0.981. The molecule has 0 radical (unpaired) electrons. The maximum atomic E-state index is 13.6. The molecule has 9 rings (SSSR count). The van der Waals surface area contributed by atoms with Crippen LogP contribution in [0.4, 0.5) is 4.79 Å². The van der Waals surface area contributed by atoms with Gasteiger partial charge < -0.3 is 30.2 Å². The second-order valence-electron chi connectivity index (χ2n) is 16.3. The monoisotopic (exact) mass is 726 g/mol. The van der Waals surface area contributed by atoms with E-state index in [2.05, 4.69) is 63.1 Å². The van der Waals surface area contributed by atoms with Crippen LogP contribution < -0.4 is 10.6 Å². The van der Waals surface area contributed by atoms with Crippen molar-refractivity contribution in [2.45, 2.75) is 96.2 Å². The van der Waals surface area contributed by atoms with Gasteiger partial charge >= 0.3 is 6.09 Å². The quantitative estimate of drug-likeness (QED) is 0.128. The molecular weight excluding hydrogens is 677 g/mol. The molecule has 11 heteroatoms. The van der Waals surface area contributed by atoms with Crippen molar-refractivity contribution in [3.8, 4) is 33.6 Å². The number of methoxy groups -OCH3 is 1. The minimum absolute atomic E-state index is 0.0884. The molecule has 3 fully saturated rings. The number of ether oxygens (including phenoxy) is 1. The van der Waals surface area contributed by atoms with Crippen LogP contribution in [0.3, 0.4) is 0 Å². The predicted molar refractivity (Wildman–Crippen MR) is 208 cm³/mol. The van der Waals surface area contributed by atoms with Crippen LogP contribution in [0.5, 0.6) is 0 Å². The van der Waals surface area contributed by atoms with Crippen molar-refractivity contribution in [3.63, 3.8) is 0 Å². The first-order chi connectivity index (χ1) is 26.3. The van der Waals surface area contributed by atoms with Gasteiger partial charge in [0.15, 0.2) is 0 Å². The summed E-state index contributed by atoms with van der Waals surface area (Å²) in [5.74, 6) is 1.59. The number of benzene rings is 2. The summed E-state index contributed by atoms with van der Waals surface area (Å²) >= 11 is 0. The fourth-order valence-electron chi connectivity index (χ4n) is 9.74. The molecule has 3 atom stereocenters. The molecule has 2 saturated heterocycles. The molecule has 2 amide bonds. The van der Waals surface area contributed by atoms with Crippen LogP contribution in [0.25, 0.3) is 44.7 Å². The van der Waals surface area contributed by atoms with Crippen LogP contribution in [0.2, 0.25) is 0 Å². The van der Waals surface area contributed by atoms with Crippen LogP contribution >= 0.6 is 0 Å². The van der Waals surface area contributed by atoms with E-state index >= 15 is 0 Å². The Kier molecular flexibility index (Phi) is 9.00. The maximum Gasteiger partial charge on any atom is 0.407 e. The molecule has 2 aromatic carbocycles. The second kappa shape index (κ2) is 14.0. The highest BCUT2D eigenvalue weighted by Crippen LogP contribution is 2.53.